The van der Waals surface area contributed by atoms with E-state index in [0.717, 1.165) is 11.1 Å². The fourth-order valence-corrected chi connectivity index (χ4v) is 2.71. The van der Waals surface area contributed by atoms with Gasteiger partial charge in [0.15, 0.2) is 0 Å². The maximum Gasteiger partial charge on any atom is 0.325 e. The Morgan fingerprint density at radius 3 is 2.83 bits per heavy atom. The predicted molar refractivity (Wildman–Crippen MR) is 93.0 cm³/mol. The molecule has 0 fully saturated rings. The van der Waals surface area contributed by atoms with Gasteiger partial charge in [-0.2, -0.15) is 0 Å². The summed E-state index contributed by atoms with van der Waals surface area (Å²) in [5.41, 5.74) is 2.56. The van der Waals surface area contributed by atoms with Crippen LogP contribution in [0.5, 0.6) is 5.75 Å². The third-order valence-corrected chi connectivity index (χ3v) is 3.75. The minimum atomic E-state index is -0.926. The molecule has 0 aliphatic rings. The first-order valence-corrected chi connectivity index (χ1v) is 7.68. The predicted octanol–water partition coefficient (Wildman–Crippen LogP) is 3.21. The number of benzene rings is 1. The number of hydrogen-bond acceptors (Lipinski definition) is 4. The van der Waals surface area contributed by atoms with Crippen LogP contribution in [0.25, 0.3) is 0 Å². The zero-order chi connectivity index (χ0) is 17.5. The zero-order valence-electron chi connectivity index (χ0n) is 14.0. The molecule has 0 aliphatic carbocycles. The van der Waals surface area contributed by atoms with Gasteiger partial charge in [0.05, 0.1) is 7.11 Å². The minimum absolute atomic E-state index is 0.433. The van der Waals surface area contributed by atoms with Crippen molar-refractivity contribution < 1.29 is 14.6 Å². The lowest BCUT2D eigenvalue weighted by Crippen LogP contribution is -2.34. The maximum absolute atomic E-state index is 12.0. The van der Waals surface area contributed by atoms with E-state index in [1.807, 2.05) is 36.1 Å². The van der Waals surface area contributed by atoms with Gasteiger partial charge >= 0.3 is 5.97 Å². The average Bonchev–Trinajstić information content (AvgIpc) is 2.56. The van der Waals surface area contributed by atoms with Crippen LogP contribution in [0.1, 0.15) is 22.7 Å². The number of pyridine rings is 1. The van der Waals surface area contributed by atoms with Crippen LogP contribution < -0.4 is 4.74 Å². The summed E-state index contributed by atoms with van der Waals surface area (Å²) < 4.78 is 5.38. The summed E-state index contributed by atoms with van der Waals surface area (Å²) in [4.78, 5) is 18.0. The normalized spacial score (nSPS) is 12.0. The summed E-state index contributed by atoms with van der Waals surface area (Å²) in [6.45, 7) is 6.57. The molecule has 126 valence electrons. The summed E-state index contributed by atoms with van der Waals surface area (Å²) >= 11 is 0. The van der Waals surface area contributed by atoms with Gasteiger partial charge in [0.25, 0.3) is 0 Å². The molecule has 2 rings (SSSR count). The zero-order valence-corrected chi connectivity index (χ0v) is 14.0. The van der Waals surface area contributed by atoms with E-state index in [-0.39, 0.29) is 0 Å². The number of rotatable bonds is 8. The summed E-state index contributed by atoms with van der Waals surface area (Å²) in [5, 5.41) is 9.87. The number of carboxylic acid groups (broad SMARTS) is 1. The number of carboxylic acids is 1. The molecule has 5 heteroatoms. The fraction of sp³-hybridized carbons (Fsp3) is 0.263. The molecule has 1 aromatic heterocycles. The Bertz CT molecular complexity index is 701. The van der Waals surface area contributed by atoms with Crippen LogP contribution in [0.4, 0.5) is 0 Å². The van der Waals surface area contributed by atoms with Crippen molar-refractivity contribution in [1.29, 1.82) is 0 Å². The lowest BCUT2D eigenvalue weighted by molar-refractivity contribution is -0.143. The van der Waals surface area contributed by atoms with E-state index in [0.29, 0.717) is 24.4 Å². The number of hydrogen-bond donors (Lipinski definition) is 1. The Hall–Kier alpha value is -2.66. The molecule has 1 N–H and O–H groups in total. The van der Waals surface area contributed by atoms with E-state index in [9.17, 15) is 9.90 Å². The van der Waals surface area contributed by atoms with Crippen LogP contribution in [0, 0.1) is 6.92 Å². The number of aliphatic carboxylic acids is 1. The van der Waals surface area contributed by atoms with Crippen molar-refractivity contribution in [2.45, 2.75) is 19.5 Å². The number of aryl methyl sites for hydroxylation is 1. The van der Waals surface area contributed by atoms with Gasteiger partial charge in [0.2, 0.25) is 0 Å². The second kappa shape index (κ2) is 8.26. The molecule has 1 unspecified atom stereocenters. The molecule has 24 heavy (non-hydrogen) atoms. The topological polar surface area (TPSA) is 62.7 Å². The van der Waals surface area contributed by atoms with Crippen LogP contribution in [-0.2, 0) is 11.3 Å². The Morgan fingerprint density at radius 2 is 2.25 bits per heavy atom. The summed E-state index contributed by atoms with van der Waals surface area (Å²) in [7, 11) is 1.55. The van der Waals surface area contributed by atoms with E-state index in [4.69, 9.17) is 4.74 Å². The molecule has 1 atom stereocenters. The lowest BCUT2D eigenvalue weighted by Gasteiger charge is -2.29. The quantitative estimate of drug-likeness (QED) is 0.755. The highest BCUT2D eigenvalue weighted by Gasteiger charge is 2.29. The Labute approximate surface area is 142 Å². The van der Waals surface area contributed by atoms with E-state index < -0.39 is 12.0 Å². The highest BCUT2D eigenvalue weighted by atomic mass is 16.5. The summed E-state index contributed by atoms with van der Waals surface area (Å²) in [6, 6.07) is 8.49. The third-order valence-electron chi connectivity index (χ3n) is 3.75. The molecular formula is C19H22N2O3. The number of ether oxygens (including phenoxy) is 1. The van der Waals surface area contributed by atoms with Gasteiger partial charge in [-0.3, -0.25) is 14.7 Å². The smallest absolute Gasteiger partial charge is 0.325 e. The molecule has 5 nitrogen and oxygen atoms in total. The van der Waals surface area contributed by atoms with Crippen molar-refractivity contribution >= 4 is 5.97 Å². The van der Waals surface area contributed by atoms with Crippen LogP contribution in [0.2, 0.25) is 0 Å². The van der Waals surface area contributed by atoms with E-state index in [2.05, 4.69) is 11.6 Å². The van der Waals surface area contributed by atoms with Crippen molar-refractivity contribution in [3.63, 3.8) is 0 Å². The van der Waals surface area contributed by atoms with Gasteiger partial charge in [-0.25, -0.2) is 0 Å². The van der Waals surface area contributed by atoms with Crippen LogP contribution >= 0.6 is 0 Å². The first kappa shape index (κ1) is 17.7. The number of nitrogens with zero attached hydrogens (tertiary/aromatic N) is 2. The summed E-state index contributed by atoms with van der Waals surface area (Å²) in [5.74, 6) is -0.363. The maximum atomic E-state index is 12.0. The van der Waals surface area contributed by atoms with Crippen molar-refractivity contribution in [2.75, 3.05) is 13.7 Å². The minimum Gasteiger partial charge on any atom is -0.496 e. The molecular weight excluding hydrogens is 304 g/mol. The number of carbonyl (C=O) groups is 1. The first-order chi connectivity index (χ1) is 11.6. The number of methoxy groups -OCH3 is 1. The van der Waals surface area contributed by atoms with Gasteiger partial charge in [0.1, 0.15) is 11.8 Å². The van der Waals surface area contributed by atoms with Gasteiger partial charge < -0.3 is 9.84 Å². The molecule has 2 aromatic rings. The molecule has 0 spiro atoms. The monoisotopic (exact) mass is 326 g/mol. The number of aromatic nitrogens is 1. The van der Waals surface area contributed by atoms with Crippen molar-refractivity contribution in [1.82, 2.24) is 9.88 Å². The fourth-order valence-electron chi connectivity index (χ4n) is 2.71. The van der Waals surface area contributed by atoms with Crippen molar-refractivity contribution in [3.05, 3.63) is 72.1 Å². The molecule has 1 aromatic carbocycles. The van der Waals surface area contributed by atoms with Gasteiger partial charge in [-0.1, -0.05) is 29.8 Å². The second-order valence-electron chi connectivity index (χ2n) is 5.57. The van der Waals surface area contributed by atoms with Crippen LogP contribution in [0.15, 0.2) is 55.4 Å². The standard InChI is InChI=1S/C19H22N2O3/c1-4-10-21(13-15-6-5-9-20-12-15)18(19(22)23)16-11-14(2)7-8-17(16)24-3/h4-9,11-12,18H,1,10,13H2,2-3H3,(H,22,23). The van der Waals surface area contributed by atoms with E-state index >= 15 is 0 Å². The van der Waals surface area contributed by atoms with Gasteiger partial charge in [0, 0.05) is 31.0 Å². The Balaban J connectivity index is 2.44. The van der Waals surface area contributed by atoms with Gasteiger partial charge in [-0.05, 0) is 24.6 Å². The van der Waals surface area contributed by atoms with Crippen LogP contribution in [0.3, 0.4) is 0 Å². The molecule has 0 radical (unpaired) electrons. The van der Waals surface area contributed by atoms with Crippen LogP contribution in [-0.4, -0.2) is 34.6 Å². The molecule has 1 heterocycles. The summed E-state index contributed by atoms with van der Waals surface area (Å²) in [6.07, 6.45) is 5.14. The Kier molecular flexibility index (Phi) is 6.09. The molecule has 0 saturated carbocycles. The lowest BCUT2D eigenvalue weighted by atomic mass is 10.0. The SMILES string of the molecule is C=CCN(Cc1cccnc1)C(C(=O)O)c1cc(C)ccc1OC. The van der Waals surface area contributed by atoms with Gasteiger partial charge in [-0.15, -0.1) is 6.58 Å². The highest BCUT2D eigenvalue weighted by molar-refractivity contribution is 5.77. The highest BCUT2D eigenvalue weighted by Crippen LogP contribution is 2.31. The van der Waals surface area contributed by atoms with Crippen molar-refractivity contribution in [3.8, 4) is 5.75 Å². The molecule has 0 aliphatic heterocycles. The third kappa shape index (κ3) is 4.20. The van der Waals surface area contributed by atoms with Crippen molar-refractivity contribution in [2.24, 2.45) is 0 Å². The molecule has 0 bridgehead atoms. The van der Waals surface area contributed by atoms with E-state index in [1.54, 1.807) is 31.6 Å². The second-order valence-corrected chi connectivity index (χ2v) is 5.57. The molecule has 0 saturated heterocycles. The first-order valence-electron chi connectivity index (χ1n) is 7.68. The average molecular weight is 326 g/mol. The molecule has 0 amide bonds. The van der Waals surface area contributed by atoms with E-state index in [1.165, 1.54) is 0 Å². The Morgan fingerprint density at radius 1 is 1.46 bits per heavy atom. The largest absolute Gasteiger partial charge is 0.496 e.